The van der Waals surface area contributed by atoms with Gasteiger partial charge >= 0.3 is 0 Å². The van der Waals surface area contributed by atoms with E-state index in [-0.39, 0.29) is 24.0 Å². The van der Waals surface area contributed by atoms with Gasteiger partial charge in [0.05, 0.1) is 12.7 Å². The number of likely N-dealkylation sites (tertiary alicyclic amines) is 1. The van der Waals surface area contributed by atoms with Crippen molar-refractivity contribution in [3.8, 4) is 0 Å². The fourth-order valence-electron chi connectivity index (χ4n) is 4.01. The van der Waals surface area contributed by atoms with Gasteiger partial charge in [-0.15, -0.1) is 24.0 Å². The predicted octanol–water partition coefficient (Wildman–Crippen LogP) is 3.79. The van der Waals surface area contributed by atoms with E-state index in [0.717, 1.165) is 57.4 Å². The topological polar surface area (TPSA) is 58.1 Å². The van der Waals surface area contributed by atoms with Crippen LogP contribution in [0.2, 0.25) is 0 Å². The fourth-order valence-corrected chi connectivity index (χ4v) is 4.01. The molecule has 2 aliphatic heterocycles. The molecule has 0 spiro atoms. The third kappa shape index (κ3) is 10.1. The average Bonchev–Trinajstić information content (AvgIpc) is 2.80. The second-order valence-corrected chi connectivity index (χ2v) is 8.67. The fraction of sp³-hybridized carbons (Fsp3) is 0.708. The van der Waals surface area contributed by atoms with Crippen LogP contribution >= 0.6 is 24.0 Å². The van der Waals surface area contributed by atoms with Gasteiger partial charge in [0.2, 0.25) is 0 Å². The maximum absolute atomic E-state index is 6.00. The van der Waals surface area contributed by atoms with Crippen molar-refractivity contribution in [2.45, 2.75) is 58.3 Å². The summed E-state index contributed by atoms with van der Waals surface area (Å²) in [5, 5.41) is 6.85. The van der Waals surface area contributed by atoms with Gasteiger partial charge in [0.1, 0.15) is 0 Å². The quantitative estimate of drug-likeness (QED) is 0.215. The SMILES string of the molecule is CN=C(NCCCN1CCC(C)CC1)NCc1ccc(COC2CCOCC2)cc1.I. The standard InChI is InChI=1S/C24H40N4O2.HI/c1-20-8-14-28(15-9-20)13-3-12-26-24(25-2)27-18-21-4-6-22(7-5-21)19-30-23-10-16-29-17-11-23;/h4-7,20,23H,3,8-19H2,1-2H3,(H2,25,26,27);1H. The minimum absolute atomic E-state index is 0. The number of piperidine rings is 1. The summed E-state index contributed by atoms with van der Waals surface area (Å²) in [5.41, 5.74) is 2.47. The minimum Gasteiger partial charge on any atom is -0.381 e. The maximum atomic E-state index is 6.00. The third-order valence-corrected chi connectivity index (χ3v) is 6.18. The van der Waals surface area contributed by atoms with Gasteiger partial charge in [-0.2, -0.15) is 0 Å². The normalized spacial score (nSPS) is 19.1. The summed E-state index contributed by atoms with van der Waals surface area (Å²) in [5.74, 6) is 1.77. The zero-order valence-corrected chi connectivity index (χ0v) is 21.6. The Morgan fingerprint density at radius 2 is 1.74 bits per heavy atom. The number of halogens is 1. The maximum Gasteiger partial charge on any atom is 0.191 e. The van der Waals surface area contributed by atoms with Crippen LogP contribution in [-0.4, -0.2) is 63.4 Å². The van der Waals surface area contributed by atoms with Crippen molar-refractivity contribution >= 4 is 29.9 Å². The lowest BCUT2D eigenvalue weighted by Gasteiger charge is -2.30. The van der Waals surface area contributed by atoms with Crippen molar-refractivity contribution in [3.05, 3.63) is 35.4 Å². The van der Waals surface area contributed by atoms with Crippen molar-refractivity contribution in [2.75, 3.05) is 46.4 Å². The number of rotatable bonds is 9. The summed E-state index contributed by atoms with van der Waals surface area (Å²) in [6.45, 7) is 10.1. The van der Waals surface area contributed by atoms with Gasteiger partial charge in [-0.3, -0.25) is 4.99 Å². The molecule has 7 heteroatoms. The van der Waals surface area contributed by atoms with Crippen LogP contribution in [0.3, 0.4) is 0 Å². The molecule has 3 rings (SSSR count). The van der Waals surface area contributed by atoms with Crippen LogP contribution < -0.4 is 10.6 Å². The molecule has 0 aliphatic carbocycles. The molecule has 0 unspecified atom stereocenters. The molecule has 1 aromatic rings. The van der Waals surface area contributed by atoms with Gasteiger partial charge < -0.3 is 25.0 Å². The molecule has 2 N–H and O–H groups in total. The molecule has 2 saturated heterocycles. The van der Waals surface area contributed by atoms with Crippen LogP contribution in [0.25, 0.3) is 0 Å². The summed E-state index contributed by atoms with van der Waals surface area (Å²) < 4.78 is 11.4. The molecule has 0 aromatic heterocycles. The molecule has 0 saturated carbocycles. The van der Waals surface area contributed by atoms with Crippen molar-refractivity contribution in [2.24, 2.45) is 10.9 Å². The molecule has 2 fully saturated rings. The number of aliphatic imine (C=N–C) groups is 1. The third-order valence-electron chi connectivity index (χ3n) is 6.18. The summed E-state index contributed by atoms with van der Waals surface area (Å²) in [7, 11) is 1.83. The van der Waals surface area contributed by atoms with Gasteiger partial charge in [-0.05, 0) is 68.8 Å². The number of hydrogen-bond acceptors (Lipinski definition) is 4. The van der Waals surface area contributed by atoms with Crippen LogP contribution in [0, 0.1) is 5.92 Å². The van der Waals surface area contributed by atoms with Gasteiger partial charge in [-0.1, -0.05) is 31.2 Å². The van der Waals surface area contributed by atoms with Crippen LogP contribution in [0.5, 0.6) is 0 Å². The van der Waals surface area contributed by atoms with Crippen molar-refractivity contribution in [3.63, 3.8) is 0 Å². The van der Waals surface area contributed by atoms with E-state index in [9.17, 15) is 0 Å². The molecule has 6 nitrogen and oxygen atoms in total. The Morgan fingerprint density at radius 3 is 2.42 bits per heavy atom. The Labute approximate surface area is 205 Å². The first-order valence-corrected chi connectivity index (χ1v) is 11.7. The van der Waals surface area contributed by atoms with E-state index in [2.05, 4.69) is 51.7 Å². The molecular formula is C24H41IN4O2. The largest absolute Gasteiger partial charge is 0.381 e. The highest BCUT2D eigenvalue weighted by Crippen LogP contribution is 2.16. The van der Waals surface area contributed by atoms with Gasteiger partial charge in [0, 0.05) is 33.4 Å². The van der Waals surface area contributed by atoms with Gasteiger partial charge in [-0.25, -0.2) is 0 Å². The second kappa shape index (κ2) is 15.0. The lowest BCUT2D eigenvalue weighted by molar-refractivity contribution is -0.0390. The average molecular weight is 545 g/mol. The lowest BCUT2D eigenvalue weighted by Crippen LogP contribution is -2.39. The van der Waals surface area contributed by atoms with Crippen LogP contribution in [0.4, 0.5) is 0 Å². The number of nitrogens with one attached hydrogen (secondary N) is 2. The molecule has 2 heterocycles. The monoisotopic (exact) mass is 544 g/mol. The Balaban J connectivity index is 0.00000341. The zero-order chi connectivity index (χ0) is 21.0. The number of ether oxygens (including phenoxy) is 2. The highest BCUT2D eigenvalue weighted by Gasteiger charge is 2.15. The van der Waals surface area contributed by atoms with Crippen LogP contribution in [0.1, 0.15) is 50.2 Å². The molecule has 1 aromatic carbocycles. The number of guanidine groups is 1. The Morgan fingerprint density at radius 1 is 1.06 bits per heavy atom. The zero-order valence-electron chi connectivity index (χ0n) is 19.3. The molecule has 0 atom stereocenters. The van der Waals surface area contributed by atoms with Crippen LogP contribution in [0.15, 0.2) is 29.3 Å². The molecule has 31 heavy (non-hydrogen) atoms. The van der Waals surface area contributed by atoms with Crippen molar-refractivity contribution in [1.82, 2.24) is 15.5 Å². The van der Waals surface area contributed by atoms with Crippen molar-refractivity contribution < 1.29 is 9.47 Å². The number of nitrogens with zero attached hydrogens (tertiary/aromatic N) is 2. The molecule has 0 radical (unpaired) electrons. The first kappa shape index (κ1) is 26.4. The minimum atomic E-state index is 0. The van der Waals surface area contributed by atoms with Gasteiger partial charge in [0.15, 0.2) is 5.96 Å². The molecular weight excluding hydrogens is 503 g/mol. The van der Waals surface area contributed by atoms with E-state index in [4.69, 9.17) is 9.47 Å². The van der Waals surface area contributed by atoms with Crippen LogP contribution in [-0.2, 0) is 22.6 Å². The summed E-state index contributed by atoms with van der Waals surface area (Å²) in [4.78, 5) is 6.94. The van der Waals surface area contributed by atoms with E-state index in [1.54, 1.807) is 0 Å². The predicted molar refractivity (Wildman–Crippen MR) is 138 cm³/mol. The van der Waals surface area contributed by atoms with Crippen molar-refractivity contribution in [1.29, 1.82) is 0 Å². The highest BCUT2D eigenvalue weighted by atomic mass is 127. The smallest absolute Gasteiger partial charge is 0.191 e. The molecule has 176 valence electrons. The van der Waals surface area contributed by atoms with E-state index in [0.29, 0.717) is 12.7 Å². The molecule has 0 amide bonds. The Kier molecular flexibility index (Phi) is 12.8. The van der Waals surface area contributed by atoms with E-state index in [1.165, 1.54) is 43.6 Å². The summed E-state index contributed by atoms with van der Waals surface area (Å²) in [6, 6.07) is 8.65. The van der Waals surface area contributed by atoms with E-state index < -0.39 is 0 Å². The number of benzene rings is 1. The molecule has 2 aliphatic rings. The first-order chi connectivity index (χ1) is 14.7. The van der Waals surface area contributed by atoms with E-state index in [1.807, 2.05) is 7.05 Å². The second-order valence-electron chi connectivity index (χ2n) is 8.67. The Bertz CT molecular complexity index is 627. The first-order valence-electron chi connectivity index (χ1n) is 11.7. The number of hydrogen-bond donors (Lipinski definition) is 2. The Hall–Kier alpha value is -0.900. The highest BCUT2D eigenvalue weighted by molar-refractivity contribution is 14.0. The van der Waals surface area contributed by atoms with E-state index >= 15 is 0 Å². The molecule has 0 bridgehead atoms. The lowest BCUT2D eigenvalue weighted by atomic mass is 9.99. The van der Waals surface area contributed by atoms with Gasteiger partial charge in [0.25, 0.3) is 0 Å². The summed E-state index contributed by atoms with van der Waals surface area (Å²) >= 11 is 0. The summed E-state index contributed by atoms with van der Waals surface area (Å²) in [6.07, 6.45) is 6.19.